The van der Waals surface area contributed by atoms with Crippen molar-refractivity contribution in [2.45, 2.75) is 6.54 Å². The number of rotatable bonds is 4. The topological polar surface area (TPSA) is 91.2 Å². The maximum atomic E-state index is 11.8. The van der Waals surface area contributed by atoms with Crippen molar-refractivity contribution in [3.05, 3.63) is 59.7 Å². The van der Waals surface area contributed by atoms with E-state index in [9.17, 15) is 9.59 Å². The first kappa shape index (κ1) is 16.0. The zero-order chi connectivity index (χ0) is 16.7. The van der Waals surface area contributed by atoms with Gasteiger partial charge in [0.2, 0.25) is 0 Å². The fraction of sp³-hybridized carbons (Fsp3) is 0.118. The molecule has 2 aromatic rings. The standard InChI is InChI=1S/C17H15N3O3/c1-23-15-4-2-3-13(9-15)11-19-16(21)17(22)20-14-7-5-12(10-18)6-8-14/h2-9H,11H2,1H3,(H,19,21)(H,20,22). The minimum absolute atomic E-state index is 0.219. The molecule has 0 bridgehead atoms. The smallest absolute Gasteiger partial charge is 0.313 e. The van der Waals surface area contributed by atoms with E-state index in [0.29, 0.717) is 17.0 Å². The Morgan fingerprint density at radius 1 is 1.13 bits per heavy atom. The van der Waals surface area contributed by atoms with Crippen LogP contribution in [-0.4, -0.2) is 18.9 Å². The molecule has 0 unspecified atom stereocenters. The van der Waals surface area contributed by atoms with E-state index in [4.69, 9.17) is 10.00 Å². The highest BCUT2D eigenvalue weighted by Gasteiger charge is 2.13. The molecule has 0 fully saturated rings. The normalized spacial score (nSPS) is 9.57. The number of hydrogen-bond acceptors (Lipinski definition) is 4. The predicted molar refractivity (Wildman–Crippen MR) is 84.6 cm³/mol. The molecule has 0 saturated heterocycles. The Bertz CT molecular complexity index is 748. The maximum absolute atomic E-state index is 11.8. The summed E-state index contributed by atoms with van der Waals surface area (Å²) in [6, 6.07) is 15.4. The van der Waals surface area contributed by atoms with E-state index in [1.165, 1.54) is 0 Å². The number of carbonyl (C=O) groups is 2. The van der Waals surface area contributed by atoms with Gasteiger partial charge in [0.1, 0.15) is 5.75 Å². The monoisotopic (exact) mass is 309 g/mol. The van der Waals surface area contributed by atoms with Crippen molar-refractivity contribution in [3.63, 3.8) is 0 Å². The summed E-state index contributed by atoms with van der Waals surface area (Å²) in [5.74, 6) is -0.825. The number of ether oxygens (including phenoxy) is 1. The summed E-state index contributed by atoms with van der Waals surface area (Å²) in [5.41, 5.74) is 1.75. The summed E-state index contributed by atoms with van der Waals surface area (Å²) in [5, 5.41) is 13.7. The Morgan fingerprint density at radius 2 is 1.87 bits per heavy atom. The van der Waals surface area contributed by atoms with Crippen LogP contribution in [0, 0.1) is 11.3 Å². The van der Waals surface area contributed by atoms with Crippen molar-refractivity contribution in [2.75, 3.05) is 12.4 Å². The number of carbonyl (C=O) groups excluding carboxylic acids is 2. The van der Waals surface area contributed by atoms with E-state index in [2.05, 4.69) is 10.6 Å². The van der Waals surface area contributed by atoms with Gasteiger partial charge < -0.3 is 15.4 Å². The second-order valence-corrected chi connectivity index (χ2v) is 4.68. The largest absolute Gasteiger partial charge is 0.497 e. The average Bonchev–Trinajstić information content (AvgIpc) is 2.60. The molecular weight excluding hydrogens is 294 g/mol. The highest BCUT2D eigenvalue weighted by molar-refractivity contribution is 6.39. The van der Waals surface area contributed by atoms with Gasteiger partial charge in [-0.05, 0) is 42.0 Å². The summed E-state index contributed by atoms with van der Waals surface area (Å²) < 4.78 is 5.09. The summed E-state index contributed by atoms with van der Waals surface area (Å²) in [6.45, 7) is 0.219. The molecule has 0 aromatic heterocycles. The van der Waals surface area contributed by atoms with E-state index < -0.39 is 11.8 Å². The van der Waals surface area contributed by atoms with Gasteiger partial charge in [-0.2, -0.15) is 5.26 Å². The van der Waals surface area contributed by atoms with Crippen LogP contribution in [0.1, 0.15) is 11.1 Å². The number of methoxy groups -OCH3 is 1. The fourth-order valence-electron chi connectivity index (χ4n) is 1.86. The fourth-order valence-corrected chi connectivity index (χ4v) is 1.86. The summed E-state index contributed by atoms with van der Waals surface area (Å²) >= 11 is 0. The molecule has 2 rings (SSSR count). The van der Waals surface area contributed by atoms with Gasteiger partial charge in [0.25, 0.3) is 0 Å². The Balaban J connectivity index is 1.89. The summed E-state index contributed by atoms with van der Waals surface area (Å²) in [7, 11) is 1.56. The molecule has 6 nitrogen and oxygen atoms in total. The second kappa shape index (κ2) is 7.61. The third kappa shape index (κ3) is 4.58. The lowest BCUT2D eigenvalue weighted by Gasteiger charge is -2.07. The van der Waals surface area contributed by atoms with Crippen LogP contribution in [0.2, 0.25) is 0 Å². The van der Waals surface area contributed by atoms with Gasteiger partial charge in [0.15, 0.2) is 0 Å². The number of benzene rings is 2. The van der Waals surface area contributed by atoms with Crippen LogP contribution in [0.5, 0.6) is 5.75 Å². The molecule has 0 aliphatic rings. The molecule has 0 aliphatic heterocycles. The molecule has 0 aliphatic carbocycles. The van der Waals surface area contributed by atoms with E-state index in [0.717, 1.165) is 5.56 Å². The first-order chi connectivity index (χ1) is 11.1. The molecule has 0 radical (unpaired) electrons. The number of amides is 2. The van der Waals surface area contributed by atoms with E-state index in [-0.39, 0.29) is 6.54 Å². The average molecular weight is 309 g/mol. The van der Waals surface area contributed by atoms with Crippen molar-refractivity contribution in [2.24, 2.45) is 0 Å². The van der Waals surface area contributed by atoms with Crippen LogP contribution in [0.25, 0.3) is 0 Å². The lowest BCUT2D eigenvalue weighted by atomic mass is 10.2. The van der Waals surface area contributed by atoms with Gasteiger partial charge >= 0.3 is 11.8 Å². The van der Waals surface area contributed by atoms with Crippen molar-refractivity contribution in [1.82, 2.24) is 5.32 Å². The zero-order valence-corrected chi connectivity index (χ0v) is 12.5. The predicted octanol–water partition coefficient (Wildman–Crippen LogP) is 1.82. The van der Waals surface area contributed by atoms with E-state index >= 15 is 0 Å². The van der Waals surface area contributed by atoms with Gasteiger partial charge in [-0.25, -0.2) is 0 Å². The molecule has 0 saturated carbocycles. The molecule has 0 spiro atoms. The van der Waals surface area contributed by atoms with Crippen molar-refractivity contribution in [3.8, 4) is 11.8 Å². The van der Waals surface area contributed by atoms with Crippen molar-refractivity contribution < 1.29 is 14.3 Å². The Morgan fingerprint density at radius 3 is 2.52 bits per heavy atom. The highest BCUT2D eigenvalue weighted by Crippen LogP contribution is 2.12. The third-order valence-electron chi connectivity index (χ3n) is 3.07. The quantitative estimate of drug-likeness (QED) is 0.843. The number of anilines is 1. The maximum Gasteiger partial charge on any atom is 0.313 e. The molecule has 2 amide bonds. The van der Waals surface area contributed by atoms with Crippen LogP contribution in [-0.2, 0) is 16.1 Å². The van der Waals surface area contributed by atoms with Gasteiger partial charge in [-0.15, -0.1) is 0 Å². The molecule has 2 aromatic carbocycles. The number of hydrogen-bond donors (Lipinski definition) is 2. The minimum atomic E-state index is -0.766. The molecule has 0 heterocycles. The van der Waals surface area contributed by atoms with Crippen LogP contribution >= 0.6 is 0 Å². The first-order valence-electron chi connectivity index (χ1n) is 6.84. The summed E-state index contributed by atoms with van der Waals surface area (Å²) in [6.07, 6.45) is 0. The molecular formula is C17H15N3O3. The van der Waals surface area contributed by atoms with Gasteiger partial charge in [0.05, 0.1) is 18.7 Å². The number of nitrogens with zero attached hydrogens (tertiary/aromatic N) is 1. The Hall–Kier alpha value is -3.33. The number of nitrogens with one attached hydrogen (secondary N) is 2. The lowest BCUT2D eigenvalue weighted by Crippen LogP contribution is -2.34. The van der Waals surface area contributed by atoms with E-state index in [1.54, 1.807) is 49.6 Å². The third-order valence-corrected chi connectivity index (χ3v) is 3.07. The molecule has 6 heteroatoms. The van der Waals surface area contributed by atoms with E-state index in [1.807, 2.05) is 12.1 Å². The molecule has 2 N–H and O–H groups in total. The van der Waals surface area contributed by atoms with Crippen LogP contribution < -0.4 is 15.4 Å². The zero-order valence-electron chi connectivity index (χ0n) is 12.5. The lowest BCUT2D eigenvalue weighted by molar-refractivity contribution is -0.136. The minimum Gasteiger partial charge on any atom is -0.497 e. The van der Waals surface area contributed by atoms with Crippen LogP contribution in [0.4, 0.5) is 5.69 Å². The highest BCUT2D eigenvalue weighted by atomic mass is 16.5. The van der Waals surface area contributed by atoms with Crippen LogP contribution in [0.15, 0.2) is 48.5 Å². The van der Waals surface area contributed by atoms with Gasteiger partial charge in [-0.1, -0.05) is 12.1 Å². The summed E-state index contributed by atoms with van der Waals surface area (Å²) in [4.78, 5) is 23.6. The Labute approximate surface area is 133 Å². The van der Waals surface area contributed by atoms with Gasteiger partial charge in [-0.3, -0.25) is 9.59 Å². The number of nitriles is 1. The van der Waals surface area contributed by atoms with Crippen molar-refractivity contribution >= 4 is 17.5 Å². The van der Waals surface area contributed by atoms with Crippen LogP contribution in [0.3, 0.4) is 0 Å². The molecule has 0 atom stereocenters. The molecule has 23 heavy (non-hydrogen) atoms. The SMILES string of the molecule is COc1cccc(CNC(=O)C(=O)Nc2ccc(C#N)cc2)c1. The second-order valence-electron chi connectivity index (χ2n) is 4.68. The Kier molecular flexibility index (Phi) is 5.31. The molecule has 116 valence electrons. The van der Waals surface area contributed by atoms with Gasteiger partial charge in [0, 0.05) is 12.2 Å². The first-order valence-corrected chi connectivity index (χ1v) is 6.84. The van der Waals surface area contributed by atoms with Crippen molar-refractivity contribution in [1.29, 1.82) is 5.26 Å².